The maximum Gasteiger partial charge on any atom is 0.314 e. The van der Waals surface area contributed by atoms with Crippen LogP contribution in [-0.2, 0) is 4.79 Å². The van der Waals surface area contributed by atoms with Crippen LogP contribution in [-0.4, -0.2) is 22.6 Å². The minimum Gasteiger partial charge on any atom is -0.481 e. The van der Waals surface area contributed by atoms with E-state index in [1.165, 1.54) is 0 Å². The van der Waals surface area contributed by atoms with Gasteiger partial charge in [-0.2, -0.15) is 0 Å². The number of ketones is 1. The Labute approximate surface area is 112 Å². The fraction of sp³-hybridized carbons (Fsp3) is 0.429. The average molecular weight is 266 g/mol. The summed E-state index contributed by atoms with van der Waals surface area (Å²) in [6.07, 6.45) is 0. The van der Waals surface area contributed by atoms with Crippen LogP contribution in [0.15, 0.2) is 29.2 Å². The quantitative estimate of drug-likeness (QED) is 0.487. The van der Waals surface area contributed by atoms with Crippen LogP contribution >= 0.6 is 11.8 Å². The molecule has 0 aliphatic rings. The van der Waals surface area contributed by atoms with E-state index in [9.17, 15) is 9.59 Å². The Bertz CT molecular complexity index is 423. The number of carboxylic acids is 1. The lowest BCUT2D eigenvalue weighted by molar-refractivity contribution is -0.141. The fourth-order valence-electron chi connectivity index (χ4n) is 1.76. The van der Waals surface area contributed by atoms with Gasteiger partial charge in [-0.05, 0) is 23.8 Å². The number of hydrogen-bond donors (Lipinski definition) is 1. The number of carbonyl (C=O) groups is 2. The van der Waals surface area contributed by atoms with Gasteiger partial charge in [0.15, 0.2) is 5.78 Å². The van der Waals surface area contributed by atoms with Crippen molar-refractivity contribution in [1.29, 1.82) is 0 Å². The zero-order chi connectivity index (χ0) is 13.7. The van der Waals surface area contributed by atoms with Crippen molar-refractivity contribution < 1.29 is 14.7 Å². The summed E-state index contributed by atoms with van der Waals surface area (Å²) >= 11 is 1.69. The molecule has 1 N–H and O–H groups in total. The predicted octanol–water partition coefficient (Wildman–Crippen LogP) is 3.34. The van der Waals surface area contributed by atoms with Gasteiger partial charge < -0.3 is 5.11 Å². The second-order valence-electron chi connectivity index (χ2n) is 4.38. The summed E-state index contributed by atoms with van der Waals surface area (Å²) in [5.74, 6) is -1.57. The molecule has 1 unspecified atom stereocenters. The monoisotopic (exact) mass is 266 g/mol. The second kappa shape index (κ2) is 6.59. The zero-order valence-electron chi connectivity index (χ0n) is 10.8. The van der Waals surface area contributed by atoms with Crippen LogP contribution < -0.4 is 0 Å². The molecule has 1 atom stereocenters. The molecule has 3 nitrogen and oxygen atoms in total. The van der Waals surface area contributed by atoms with E-state index in [1.807, 2.05) is 12.1 Å². The maximum atomic E-state index is 12.1. The number of aliphatic carboxylic acids is 1. The molecule has 0 spiro atoms. The number of thioether (sulfide) groups is 1. The highest BCUT2D eigenvalue weighted by Gasteiger charge is 2.30. The second-order valence-corrected chi connectivity index (χ2v) is 5.72. The van der Waals surface area contributed by atoms with E-state index < -0.39 is 11.9 Å². The Balaban J connectivity index is 2.92. The van der Waals surface area contributed by atoms with E-state index in [0.29, 0.717) is 5.56 Å². The topological polar surface area (TPSA) is 54.4 Å². The van der Waals surface area contributed by atoms with Crippen molar-refractivity contribution in [2.45, 2.75) is 25.7 Å². The molecule has 1 aromatic rings. The lowest BCUT2D eigenvalue weighted by Gasteiger charge is -2.15. The summed E-state index contributed by atoms with van der Waals surface area (Å²) in [4.78, 5) is 24.3. The Morgan fingerprint density at radius 3 is 2.17 bits per heavy atom. The predicted molar refractivity (Wildman–Crippen MR) is 73.1 cm³/mol. The first-order valence-corrected chi connectivity index (χ1v) is 6.95. The number of carboxylic acid groups (broad SMARTS) is 1. The van der Waals surface area contributed by atoms with Crippen molar-refractivity contribution in [3.05, 3.63) is 29.8 Å². The molecule has 0 bridgehead atoms. The Hall–Kier alpha value is -1.29. The van der Waals surface area contributed by atoms with Crippen LogP contribution in [0, 0.1) is 11.8 Å². The van der Waals surface area contributed by atoms with E-state index in [4.69, 9.17) is 5.11 Å². The lowest BCUT2D eigenvalue weighted by atomic mass is 9.88. The standard InChI is InChI=1S/C14H18O3S/c1-4-18-11-7-5-10(6-8-11)13(15)12(9(2)3)14(16)17/h5-9,12H,4H2,1-3H3,(H,16,17). The summed E-state index contributed by atoms with van der Waals surface area (Å²) < 4.78 is 0. The van der Waals surface area contributed by atoms with Crippen molar-refractivity contribution in [1.82, 2.24) is 0 Å². The van der Waals surface area contributed by atoms with Gasteiger partial charge in [0, 0.05) is 10.5 Å². The molecule has 0 saturated carbocycles. The smallest absolute Gasteiger partial charge is 0.314 e. The molecule has 0 amide bonds. The molecule has 0 radical (unpaired) electrons. The van der Waals surface area contributed by atoms with Crippen LogP contribution in [0.5, 0.6) is 0 Å². The lowest BCUT2D eigenvalue weighted by Crippen LogP contribution is -2.28. The van der Waals surface area contributed by atoms with Gasteiger partial charge in [0.25, 0.3) is 0 Å². The first-order chi connectivity index (χ1) is 8.47. The van der Waals surface area contributed by atoms with Crippen molar-refractivity contribution >= 4 is 23.5 Å². The molecule has 0 fully saturated rings. The van der Waals surface area contributed by atoms with Gasteiger partial charge in [0.1, 0.15) is 5.92 Å². The molecule has 0 aliphatic carbocycles. The summed E-state index contributed by atoms with van der Waals surface area (Å²) in [7, 11) is 0. The maximum absolute atomic E-state index is 12.1. The van der Waals surface area contributed by atoms with Gasteiger partial charge in [-0.3, -0.25) is 9.59 Å². The molecule has 0 aliphatic heterocycles. The third-order valence-corrected chi connectivity index (χ3v) is 3.56. The molecule has 0 heterocycles. The van der Waals surface area contributed by atoms with Crippen LogP contribution in [0.25, 0.3) is 0 Å². The van der Waals surface area contributed by atoms with Gasteiger partial charge in [-0.25, -0.2) is 0 Å². The third kappa shape index (κ3) is 3.60. The van der Waals surface area contributed by atoms with Gasteiger partial charge in [0.05, 0.1) is 0 Å². The van der Waals surface area contributed by atoms with Crippen molar-refractivity contribution in [2.75, 3.05) is 5.75 Å². The average Bonchev–Trinajstić information content (AvgIpc) is 2.29. The Morgan fingerprint density at radius 1 is 1.22 bits per heavy atom. The van der Waals surface area contributed by atoms with E-state index in [0.717, 1.165) is 10.6 Å². The van der Waals surface area contributed by atoms with Gasteiger partial charge in [0.2, 0.25) is 0 Å². The number of benzene rings is 1. The summed E-state index contributed by atoms with van der Waals surface area (Å²) in [5.41, 5.74) is 0.469. The van der Waals surface area contributed by atoms with Gasteiger partial charge in [-0.1, -0.05) is 32.9 Å². The SMILES string of the molecule is CCSc1ccc(C(=O)C(C(=O)O)C(C)C)cc1. The van der Waals surface area contributed by atoms with Crippen LogP contribution in [0.2, 0.25) is 0 Å². The van der Waals surface area contributed by atoms with Gasteiger partial charge >= 0.3 is 5.97 Å². The van der Waals surface area contributed by atoms with Crippen molar-refractivity contribution in [3.63, 3.8) is 0 Å². The number of rotatable bonds is 6. The van der Waals surface area contributed by atoms with E-state index in [2.05, 4.69) is 6.92 Å². The molecule has 0 saturated heterocycles. The van der Waals surface area contributed by atoms with E-state index in [-0.39, 0.29) is 11.7 Å². The van der Waals surface area contributed by atoms with E-state index in [1.54, 1.807) is 37.7 Å². The molecular weight excluding hydrogens is 248 g/mol. The normalized spacial score (nSPS) is 12.4. The highest BCUT2D eigenvalue weighted by atomic mass is 32.2. The van der Waals surface area contributed by atoms with Crippen molar-refractivity contribution in [3.8, 4) is 0 Å². The van der Waals surface area contributed by atoms with Gasteiger partial charge in [-0.15, -0.1) is 11.8 Å². The minimum atomic E-state index is -1.05. The Kier molecular flexibility index (Phi) is 5.41. The van der Waals surface area contributed by atoms with Crippen LogP contribution in [0.4, 0.5) is 0 Å². The molecule has 0 aromatic heterocycles. The van der Waals surface area contributed by atoms with Crippen LogP contribution in [0.3, 0.4) is 0 Å². The molecule has 98 valence electrons. The number of carbonyl (C=O) groups excluding carboxylic acids is 1. The Morgan fingerprint density at radius 2 is 1.78 bits per heavy atom. The first-order valence-electron chi connectivity index (χ1n) is 5.97. The molecular formula is C14H18O3S. The molecule has 4 heteroatoms. The van der Waals surface area contributed by atoms with Crippen molar-refractivity contribution in [2.24, 2.45) is 11.8 Å². The fourth-order valence-corrected chi connectivity index (χ4v) is 2.42. The van der Waals surface area contributed by atoms with Crippen LogP contribution in [0.1, 0.15) is 31.1 Å². The zero-order valence-corrected chi connectivity index (χ0v) is 11.7. The summed E-state index contributed by atoms with van der Waals surface area (Å²) in [5, 5.41) is 9.09. The number of Topliss-reactive ketones (excluding diaryl/α,β-unsaturated/α-hetero) is 1. The third-order valence-electron chi connectivity index (χ3n) is 2.67. The first kappa shape index (κ1) is 14.8. The molecule has 1 aromatic carbocycles. The largest absolute Gasteiger partial charge is 0.481 e. The van der Waals surface area contributed by atoms with E-state index >= 15 is 0 Å². The summed E-state index contributed by atoms with van der Waals surface area (Å²) in [6.45, 7) is 5.55. The highest BCUT2D eigenvalue weighted by molar-refractivity contribution is 7.99. The molecule has 1 rings (SSSR count). The minimum absolute atomic E-state index is 0.209. The highest BCUT2D eigenvalue weighted by Crippen LogP contribution is 2.21. The molecule has 18 heavy (non-hydrogen) atoms. The summed E-state index contributed by atoms with van der Waals surface area (Å²) in [6, 6.07) is 7.14. The number of hydrogen-bond acceptors (Lipinski definition) is 3.